The van der Waals surface area contributed by atoms with Gasteiger partial charge in [-0.2, -0.15) is 10.2 Å². The van der Waals surface area contributed by atoms with Crippen molar-refractivity contribution in [2.24, 2.45) is 0 Å². The number of nitrogens with one attached hydrogen (secondary N) is 1. The Kier molecular flexibility index (Phi) is 4.01. The van der Waals surface area contributed by atoms with Crippen molar-refractivity contribution in [3.63, 3.8) is 0 Å². The minimum absolute atomic E-state index is 0.0982. The monoisotopic (exact) mass is 279 g/mol. The molecular weight excluding hydrogens is 266 g/mol. The molecule has 19 heavy (non-hydrogen) atoms. The summed E-state index contributed by atoms with van der Waals surface area (Å²) in [6, 6.07) is 0. The average molecular weight is 280 g/mol. The van der Waals surface area contributed by atoms with Crippen LogP contribution in [0.1, 0.15) is 6.92 Å². The van der Waals surface area contributed by atoms with Gasteiger partial charge in [0.1, 0.15) is 5.02 Å². The number of hydrogen-bond acceptors (Lipinski definition) is 4. The van der Waals surface area contributed by atoms with Crippen molar-refractivity contribution < 1.29 is 0 Å². The van der Waals surface area contributed by atoms with Gasteiger partial charge in [-0.1, -0.05) is 17.7 Å². The smallest absolute Gasteiger partial charge is 0.287 e. The SMILES string of the molecule is C=CCn1ncc(Nc2cnn(CC)c2)c(Cl)c1=O. The van der Waals surface area contributed by atoms with Gasteiger partial charge in [-0.05, 0) is 6.92 Å². The lowest BCUT2D eigenvalue weighted by Crippen LogP contribution is -2.23. The molecule has 2 rings (SSSR count). The molecule has 2 aromatic heterocycles. The summed E-state index contributed by atoms with van der Waals surface area (Å²) in [6.45, 7) is 6.65. The van der Waals surface area contributed by atoms with Crippen molar-refractivity contribution in [3.05, 3.63) is 46.6 Å². The van der Waals surface area contributed by atoms with Gasteiger partial charge in [0.2, 0.25) is 0 Å². The molecule has 0 amide bonds. The summed E-state index contributed by atoms with van der Waals surface area (Å²) in [5, 5.41) is 11.3. The lowest BCUT2D eigenvalue weighted by atomic mass is 10.4. The number of anilines is 2. The van der Waals surface area contributed by atoms with Crippen LogP contribution in [-0.2, 0) is 13.1 Å². The van der Waals surface area contributed by atoms with Crippen molar-refractivity contribution in [1.29, 1.82) is 0 Å². The van der Waals surface area contributed by atoms with E-state index in [2.05, 4.69) is 22.1 Å². The van der Waals surface area contributed by atoms with Crippen LogP contribution in [-0.4, -0.2) is 19.6 Å². The summed E-state index contributed by atoms with van der Waals surface area (Å²) in [6.07, 6.45) is 6.58. The number of halogens is 1. The first-order valence-corrected chi connectivity index (χ1v) is 6.19. The summed E-state index contributed by atoms with van der Waals surface area (Å²) >= 11 is 6.03. The number of aromatic nitrogens is 4. The number of aryl methyl sites for hydroxylation is 1. The van der Waals surface area contributed by atoms with Crippen LogP contribution in [0.5, 0.6) is 0 Å². The first kappa shape index (κ1) is 13.4. The molecule has 0 aliphatic heterocycles. The van der Waals surface area contributed by atoms with E-state index >= 15 is 0 Å². The Labute approximate surface area is 115 Å². The maximum absolute atomic E-state index is 11.9. The molecule has 0 unspecified atom stereocenters. The molecule has 0 saturated heterocycles. The molecule has 100 valence electrons. The van der Waals surface area contributed by atoms with E-state index < -0.39 is 0 Å². The number of nitrogens with zero attached hydrogens (tertiary/aromatic N) is 4. The van der Waals surface area contributed by atoms with Crippen molar-refractivity contribution >= 4 is 23.0 Å². The van der Waals surface area contributed by atoms with Gasteiger partial charge in [-0.25, -0.2) is 4.68 Å². The molecule has 0 aliphatic carbocycles. The number of rotatable bonds is 5. The quantitative estimate of drug-likeness (QED) is 0.851. The van der Waals surface area contributed by atoms with E-state index in [1.807, 2.05) is 13.1 Å². The molecule has 0 aliphatic rings. The molecule has 0 atom stereocenters. The van der Waals surface area contributed by atoms with E-state index in [9.17, 15) is 4.79 Å². The van der Waals surface area contributed by atoms with E-state index in [0.29, 0.717) is 12.2 Å². The molecule has 2 aromatic rings. The van der Waals surface area contributed by atoms with Crippen LogP contribution in [0.3, 0.4) is 0 Å². The first-order valence-electron chi connectivity index (χ1n) is 5.81. The number of allylic oxidation sites excluding steroid dienone is 1. The topological polar surface area (TPSA) is 64.7 Å². The predicted octanol–water partition coefficient (Wildman–Crippen LogP) is 2.04. The van der Waals surface area contributed by atoms with E-state index in [4.69, 9.17) is 11.6 Å². The first-order chi connectivity index (χ1) is 9.15. The van der Waals surface area contributed by atoms with Gasteiger partial charge < -0.3 is 5.32 Å². The fourth-order valence-corrected chi connectivity index (χ4v) is 1.75. The lowest BCUT2D eigenvalue weighted by molar-refractivity contribution is 0.653. The molecule has 0 spiro atoms. The highest BCUT2D eigenvalue weighted by Crippen LogP contribution is 2.20. The summed E-state index contributed by atoms with van der Waals surface area (Å²) < 4.78 is 3.01. The standard InChI is InChI=1S/C12H14ClN5O/c1-3-5-18-12(19)11(13)10(7-15-18)16-9-6-14-17(4-2)8-9/h3,6-8,16H,1,4-5H2,2H3. The highest BCUT2D eigenvalue weighted by atomic mass is 35.5. The Bertz CT molecular complexity index is 646. The molecule has 0 bridgehead atoms. The normalized spacial score (nSPS) is 10.4. The van der Waals surface area contributed by atoms with Crippen LogP contribution in [0.4, 0.5) is 11.4 Å². The Morgan fingerprint density at radius 2 is 2.26 bits per heavy atom. The van der Waals surface area contributed by atoms with Gasteiger partial charge in [0.05, 0.1) is 30.3 Å². The van der Waals surface area contributed by atoms with Gasteiger partial charge in [-0.15, -0.1) is 6.58 Å². The van der Waals surface area contributed by atoms with Gasteiger partial charge in [0, 0.05) is 12.7 Å². The lowest BCUT2D eigenvalue weighted by Gasteiger charge is -2.07. The number of hydrogen-bond donors (Lipinski definition) is 1. The highest BCUT2D eigenvalue weighted by molar-refractivity contribution is 6.33. The average Bonchev–Trinajstić information content (AvgIpc) is 2.86. The van der Waals surface area contributed by atoms with Crippen molar-refractivity contribution in [3.8, 4) is 0 Å². The second-order valence-electron chi connectivity index (χ2n) is 3.86. The van der Waals surface area contributed by atoms with Gasteiger partial charge >= 0.3 is 0 Å². The highest BCUT2D eigenvalue weighted by Gasteiger charge is 2.09. The Morgan fingerprint density at radius 3 is 2.89 bits per heavy atom. The molecule has 0 saturated carbocycles. The summed E-state index contributed by atoms with van der Waals surface area (Å²) in [4.78, 5) is 11.9. The van der Waals surface area contributed by atoms with Crippen molar-refractivity contribution in [2.75, 3.05) is 5.32 Å². The second kappa shape index (κ2) is 5.71. The minimum atomic E-state index is -0.352. The second-order valence-corrected chi connectivity index (χ2v) is 4.24. The minimum Gasteiger partial charge on any atom is -0.350 e. The van der Waals surface area contributed by atoms with Gasteiger partial charge in [-0.3, -0.25) is 9.48 Å². The zero-order chi connectivity index (χ0) is 13.8. The molecule has 0 radical (unpaired) electrons. The molecule has 2 heterocycles. The van der Waals surface area contributed by atoms with E-state index in [1.54, 1.807) is 17.0 Å². The van der Waals surface area contributed by atoms with Crippen molar-refractivity contribution in [2.45, 2.75) is 20.0 Å². The van der Waals surface area contributed by atoms with Crippen LogP contribution in [0.2, 0.25) is 5.02 Å². The largest absolute Gasteiger partial charge is 0.350 e. The fraction of sp³-hybridized carbons (Fsp3) is 0.250. The Balaban J connectivity index is 2.28. The third-order valence-electron chi connectivity index (χ3n) is 2.52. The zero-order valence-corrected chi connectivity index (χ0v) is 11.3. The molecule has 6 nitrogen and oxygen atoms in total. The maximum Gasteiger partial charge on any atom is 0.287 e. The summed E-state index contributed by atoms with van der Waals surface area (Å²) in [5.41, 5.74) is 0.864. The third kappa shape index (κ3) is 2.85. The van der Waals surface area contributed by atoms with E-state index in [-0.39, 0.29) is 10.6 Å². The van der Waals surface area contributed by atoms with Crippen molar-refractivity contribution in [1.82, 2.24) is 19.6 Å². The fourth-order valence-electron chi connectivity index (χ4n) is 1.56. The van der Waals surface area contributed by atoms with Crippen LogP contribution >= 0.6 is 11.6 Å². The molecular formula is C12H14ClN5O. The summed E-state index contributed by atoms with van der Waals surface area (Å²) in [5.74, 6) is 0. The Morgan fingerprint density at radius 1 is 1.47 bits per heavy atom. The van der Waals surface area contributed by atoms with Gasteiger partial charge in [0.15, 0.2) is 0 Å². The molecule has 0 aromatic carbocycles. The van der Waals surface area contributed by atoms with Crippen LogP contribution in [0.15, 0.2) is 36.0 Å². The van der Waals surface area contributed by atoms with Crippen LogP contribution in [0.25, 0.3) is 0 Å². The molecule has 0 fully saturated rings. The van der Waals surface area contributed by atoms with Crippen LogP contribution in [0, 0.1) is 0 Å². The third-order valence-corrected chi connectivity index (χ3v) is 2.89. The van der Waals surface area contributed by atoms with E-state index in [0.717, 1.165) is 12.2 Å². The van der Waals surface area contributed by atoms with Gasteiger partial charge in [0.25, 0.3) is 5.56 Å². The Hall–Kier alpha value is -2.08. The molecule has 7 heteroatoms. The zero-order valence-electron chi connectivity index (χ0n) is 10.5. The van der Waals surface area contributed by atoms with Crippen LogP contribution < -0.4 is 10.9 Å². The maximum atomic E-state index is 11.9. The van der Waals surface area contributed by atoms with E-state index in [1.165, 1.54) is 10.9 Å². The predicted molar refractivity (Wildman–Crippen MR) is 74.9 cm³/mol. The molecule has 1 N–H and O–H groups in total. The summed E-state index contributed by atoms with van der Waals surface area (Å²) in [7, 11) is 0.